The molecule has 1 aromatic heterocycles. The molecular weight excluding hydrogens is 200 g/mol. The maximum absolute atomic E-state index is 11.2. The van der Waals surface area contributed by atoms with Crippen molar-refractivity contribution in [1.82, 2.24) is 4.98 Å². The predicted octanol–water partition coefficient (Wildman–Crippen LogP) is 0.237. The first-order valence-electron chi connectivity index (χ1n) is 4.03. The topological polar surface area (TPSA) is 91.5 Å². The summed E-state index contributed by atoms with van der Waals surface area (Å²) in [6.07, 6.45) is 1.29. The van der Waals surface area contributed by atoms with E-state index in [1.807, 2.05) is 0 Å². The number of rotatable bonds is 2. The Kier molecular flexibility index (Phi) is 3.22. The van der Waals surface area contributed by atoms with Gasteiger partial charge in [-0.25, -0.2) is 14.6 Å². The van der Waals surface area contributed by atoms with E-state index in [-0.39, 0.29) is 16.9 Å². The van der Waals surface area contributed by atoms with Crippen LogP contribution in [0.5, 0.6) is 0 Å². The minimum Gasteiger partial charge on any atom is -0.465 e. The van der Waals surface area contributed by atoms with Crippen LogP contribution in [0.15, 0.2) is 12.3 Å². The number of aromatic nitrogens is 1. The van der Waals surface area contributed by atoms with Gasteiger partial charge in [0, 0.05) is 6.20 Å². The first kappa shape index (κ1) is 11.0. The van der Waals surface area contributed by atoms with E-state index in [4.69, 9.17) is 5.73 Å². The number of pyridine rings is 1. The zero-order chi connectivity index (χ0) is 11.4. The number of carbonyl (C=O) groups excluding carboxylic acids is 2. The zero-order valence-corrected chi connectivity index (χ0v) is 8.31. The van der Waals surface area contributed by atoms with E-state index in [1.165, 1.54) is 26.5 Å². The molecule has 0 saturated carbocycles. The molecule has 0 aliphatic heterocycles. The van der Waals surface area contributed by atoms with Crippen molar-refractivity contribution in [3.05, 3.63) is 23.5 Å². The van der Waals surface area contributed by atoms with E-state index >= 15 is 0 Å². The lowest BCUT2D eigenvalue weighted by atomic mass is 10.2. The molecule has 1 rings (SSSR count). The highest BCUT2D eigenvalue weighted by atomic mass is 16.5. The molecule has 0 amide bonds. The number of hydrogen-bond acceptors (Lipinski definition) is 6. The summed E-state index contributed by atoms with van der Waals surface area (Å²) in [6, 6.07) is 1.37. The van der Waals surface area contributed by atoms with E-state index in [0.717, 1.165) is 0 Å². The molecule has 0 radical (unpaired) electrons. The number of methoxy groups -OCH3 is 2. The summed E-state index contributed by atoms with van der Waals surface area (Å²) in [7, 11) is 2.42. The van der Waals surface area contributed by atoms with Crippen LogP contribution >= 0.6 is 0 Å². The van der Waals surface area contributed by atoms with Gasteiger partial charge in [-0.3, -0.25) is 0 Å². The lowest BCUT2D eigenvalue weighted by Gasteiger charge is -2.06. The van der Waals surface area contributed by atoms with Gasteiger partial charge in [-0.05, 0) is 6.07 Å². The maximum atomic E-state index is 11.2. The highest BCUT2D eigenvalue weighted by Gasteiger charge is 2.18. The average Bonchev–Trinajstić information content (AvgIpc) is 2.27. The van der Waals surface area contributed by atoms with Crippen molar-refractivity contribution in [2.24, 2.45) is 0 Å². The quantitative estimate of drug-likeness (QED) is 0.703. The molecular formula is C9H10N2O4. The molecule has 2 N–H and O–H groups in total. The first-order valence-corrected chi connectivity index (χ1v) is 4.03. The standard InChI is InChI=1S/C9H10N2O4/c1-14-8(12)5-3-4-11-7(6(5)10)9(13)15-2/h3-4H,10H2,1-2H3. The SMILES string of the molecule is COC(=O)c1ccnc(C(=O)OC)c1N. The number of hydrogen-bond donors (Lipinski definition) is 1. The third-order valence-corrected chi connectivity index (χ3v) is 1.77. The molecule has 0 aromatic carbocycles. The second-order valence-corrected chi connectivity index (χ2v) is 2.60. The fourth-order valence-electron chi connectivity index (χ4n) is 1.02. The van der Waals surface area contributed by atoms with Crippen molar-refractivity contribution in [3.8, 4) is 0 Å². The Hall–Kier alpha value is -2.11. The fraction of sp³-hybridized carbons (Fsp3) is 0.222. The number of nitrogen functional groups attached to an aromatic ring is 1. The third kappa shape index (κ3) is 2.04. The largest absolute Gasteiger partial charge is 0.465 e. The minimum absolute atomic E-state index is 0.0452. The molecule has 1 aromatic rings. The van der Waals surface area contributed by atoms with Crippen LogP contribution in [0.3, 0.4) is 0 Å². The number of anilines is 1. The van der Waals surface area contributed by atoms with E-state index in [1.54, 1.807) is 0 Å². The summed E-state index contributed by atoms with van der Waals surface area (Å²) in [5, 5.41) is 0. The van der Waals surface area contributed by atoms with Crippen molar-refractivity contribution < 1.29 is 19.1 Å². The smallest absolute Gasteiger partial charge is 0.358 e. The number of esters is 2. The molecule has 0 atom stereocenters. The summed E-state index contributed by atoms with van der Waals surface area (Å²) in [5.74, 6) is -1.32. The summed E-state index contributed by atoms with van der Waals surface area (Å²) in [5.41, 5.74) is 5.52. The Morgan fingerprint density at radius 3 is 2.40 bits per heavy atom. The Morgan fingerprint density at radius 2 is 1.87 bits per heavy atom. The van der Waals surface area contributed by atoms with Crippen molar-refractivity contribution in [2.75, 3.05) is 20.0 Å². The molecule has 0 aliphatic rings. The van der Waals surface area contributed by atoms with Gasteiger partial charge in [0.25, 0.3) is 0 Å². The summed E-state index contributed by atoms with van der Waals surface area (Å²) >= 11 is 0. The van der Waals surface area contributed by atoms with E-state index in [0.29, 0.717) is 0 Å². The second-order valence-electron chi connectivity index (χ2n) is 2.60. The fourth-order valence-corrected chi connectivity index (χ4v) is 1.02. The summed E-state index contributed by atoms with van der Waals surface area (Å²) < 4.78 is 8.94. The van der Waals surface area contributed by atoms with Gasteiger partial charge in [-0.1, -0.05) is 0 Å². The van der Waals surface area contributed by atoms with Crippen molar-refractivity contribution in [2.45, 2.75) is 0 Å². The predicted molar refractivity (Wildman–Crippen MR) is 51.3 cm³/mol. The second kappa shape index (κ2) is 4.41. The van der Waals surface area contributed by atoms with Crippen LogP contribution in [-0.4, -0.2) is 31.1 Å². The van der Waals surface area contributed by atoms with Crippen LogP contribution in [0, 0.1) is 0 Å². The zero-order valence-electron chi connectivity index (χ0n) is 8.31. The van der Waals surface area contributed by atoms with Crippen molar-refractivity contribution in [3.63, 3.8) is 0 Å². The van der Waals surface area contributed by atoms with Crippen molar-refractivity contribution in [1.29, 1.82) is 0 Å². The van der Waals surface area contributed by atoms with E-state index < -0.39 is 11.9 Å². The molecule has 6 nitrogen and oxygen atoms in total. The number of nitrogens with two attached hydrogens (primary N) is 1. The van der Waals surface area contributed by atoms with Gasteiger partial charge in [0.05, 0.1) is 25.5 Å². The van der Waals surface area contributed by atoms with Gasteiger partial charge in [0.15, 0.2) is 5.69 Å². The number of nitrogens with zero attached hydrogens (tertiary/aromatic N) is 1. The Morgan fingerprint density at radius 1 is 1.27 bits per heavy atom. The summed E-state index contributed by atoms with van der Waals surface area (Å²) in [6.45, 7) is 0. The van der Waals surface area contributed by atoms with Gasteiger partial charge in [0.2, 0.25) is 0 Å². The van der Waals surface area contributed by atoms with Crippen molar-refractivity contribution >= 4 is 17.6 Å². The molecule has 0 spiro atoms. The normalized spacial score (nSPS) is 9.47. The lowest BCUT2D eigenvalue weighted by molar-refractivity contribution is 0.0595. The van der Waals surface area contributed by atoms with Gasteiger partial charge < -0.3 is 15.2 Å². The Bertz CT molecular complexity index is 369. The molecule has 0 saturated heterocycles. The Labute approximate surface area is 86.0 Å². The van der Waals surface area contributed by atoms with E-state index in [9.17, 15) is 9.59 Å². The average molecular weight is 210 g/mol. The molecule has 1 heterocycles. The highest BCUT2D eigenvalue weighted by Crippen LogP contribution is 2.16. The van der Waals surface area contributed by atoms with Crippen LogP contribution in [0.25, 0.3) is 0 Å². The van der Waals surface area contributed by atoms with E-state index in [2.05, 4.69) is 14.5 Å². The lowest BCUT2D eigenvalue weighted by Crippen LogP contribution is -2.13. The summed E-state index contributed by atoms with van der Waals surface area (Å²) in [4.78, 5) is 26.1. The van der Waals surface area contributed by atoms with Gasteiger partial charge >= 0.3 is 11.9 Å². The van der Waals surface area contributed by atoms with Gasteiger partial charge in [0.1, 0.15) is 0 Å². The number of ether oxygens (including phenoxy) is 2. The Balaban J connectivity index is 3.23. The van der Waals surface area contributed by atoms with Crippen LogP contribution in [0.2, 0.25) is 0 Å². The minimum atomic E-state index is -0.696. The van der Waals surface area contributed by atoms with Crippen LogP contribution in [0.4, 0.5) is 5.69 Å². The monoisotopic (exact) mass is 210 g/mol. The molecule has 0 fully saturated rings. The first-order chi connectivity index (χ1) is 7.11. The maximum Gasteiger partial charge on any atom is 0.358 e. The molecule has 6 heteroatoms. The van der Waals surface area contributed by atoms with Crippen LogP contribution < -0.4 is 5.73 Å². The molecule has 0 unspecified atom stereocenters. The molecule has 15 heavy (non-hydrogen) atoms. The third-order valence-electron chi connectivity index (χ3n) is 1.77. The van der Waals surface area contributed by atoms with Gasteiger partial charge in [-0.15, -0.1) is 0 Å². The highest BCUT2D eigenvalue weighted by molar-refractivity contribution is 6.02. The number of carbonyl (C=O) groups is 2. The molecule has 0 aliphatic carbocycles. The molecule has 0 bridgehead atoms. The van der Waals surface area contributed by atoms with Gasteiger partial charge in [-0.2, -0.15) is 0 Å². The molecule has 80 valence electrons. The van der Waals surface area contributed by atoms with Crippen LogP contribution in [0.1, 0.15) is 20.8 Å². The van der Waals surface area contributed by atoms with Crippen LogP contribution in [-0.2, 0) is 9.47 Å².